The summed E-state index contributed by atoms with van der Waals surface area (Å²) in [6.07, 6.45) is 4.01. The molecule has 1 fully saturated rings. The second kappa shape index (κ2) is 8.96. The summed E-state index contributed by atoms with van der Waals surface area (Å²) in [5.41, 5.74) is 5.86. The molecule has 0 aliphatic carbocycles. The molecule has 2 rings (SSSR count). The summed E-state index contributed by atoms with van der Waals surface area (Å²) in [5, 5.41) is 4.18. The SMILES string of the molecule is CCc1cnc(CN=C(N)NCCCN2CCOCC2)s1. The van der Waals surface area contributed by atoms with Crippen molar-refractivity contribution in [2.75, 3.05) is 39.4 Å². The number of thiazole rings is 1. The van der Waals surface area contributed by atoms with Gasteiger partial charge in [-0.1, -0.05) is 6.92 Å². The zero-order valence-corrected chi connectivity index (χ0v) is 13.5. The van der Waals surface area contributed by atoms with Crippen LogP contribution in [0.2, 0.25) is 0 Å². The Morgan fingerprint density at radius 2 is 2.33 bits per heavy atom. The molecule has 1 aliphatic rings. The third-order valence-corrected chi connectivity index (χ3v) is 4.52. The standard InChI is InChI=1S/C14H25N5OS/c1-2-12-10-17-13(21-12)11-18-14(15)16-4-3-5-19-6-8-20-9-7-19/h10H,2-9,11H2,1H3,(H3,15,16,18). The van der Waals surface area contributed by atoms with Gasteiger partial charge >= 0.3 is 0 Å². The van der Waals surface area contributed by atoms with Crippen molar-refractivity contribution in [3.8, 4) is 0 Å². The maximum atomic E-state index is 5.86. The Kier molecular flexibility index (Phi) is 6.91. The van der Waals surface area contributed by atoms with E-state index in [0.29, 0.717) is 12.5 Å². The lowest BCUT2D eigenvalue weighted by molar-refractivity contribution is 0.0376. The number of aliphatic imine (C=N–C) groups is 1. The zero-order chi connectivity index (χ0) is 14.9. The number of hydrogen-bond donors (Lipinski definition) is 2. The van der Waals surface area contributed by atoms with Gasteiger partial charge in [0.2, 0.25) is 0 Å². The van der Waals surface area contributed by atoms with E-state index in [0.717, 1.165) is 57.2 Å². The molecule has 0 unspecified atom stereocenters. The number of guanidine groups is 1. The van der Waals surface area contributed by atoms with E-state index in [-0.39, 0.29) is 0 Å². The Balaban J connectivity index is 1.59. The van der Waals surface area contributed by atoms with E-state index < -0.39 is 0 Å². The summed E-state index contributed by atoms with van der Waals surface area (Å²) in [6, 6.07) is 0. The molecule has 0 aromatic carbocycles. The van der Waals surface area contributed by atoms with Gasteiger partial charge in [0.15, 0.2) is 5.96 Å². The molecule has 0 spiro atoms. The van der Waals surface area contributed by atoms with Crippen molar-refractivity contribution in [2.45, 2.75) is 26.3 Å². The largest absolute Gasteiger partial charge is 0.379 e. The number of hydrogen-bond acceptors (Lipinski definition) is 5. The van der Waals surface area contributed by atoms with E-state index in [9.17, 15) is 0 Å². The minimum absolute atomic E-state index is 0.505. The lowest BCUT2D eigenvalue weighted by atomic mass is 10.3. The van der Waals surface area contributed by atoms with Crippen LogP contribution >= 0.6 is 11.3 Å². The summed E-state index contributed by atoms with van der Waals surface area (Å²) in [6.45, 7) is 8.40. The zero-order valence-electron chi connectivity index (χ0n) is 12.7. The molecule has 1 saturated heterocycles. The fraction of sp³-hybridized carbons (Fsp3) is 0.714. The number of aromatic nitrogens is 1. The average Bonchev–Trinajstić information content (AvgIpc) is 2.99. The molecule has 0 radical (unpaired) electrons. The minimum atomic E-state index is 0.505. The molecule has 1 aliphatic heterocycles. The van der Waals surface area contributed by atoms with Gasteiger partial charge in [-0.05, 0) is 19.4 Å². The van der Waals surface area contributed by atoms with Crippen LogP contribution in [0.3, 0.4) is 0 Å². The van der Waals surface area contributed by atoms with Crippen molar-refractivity contribution >= 4 is 17.3 Å². The first-order chi connectivity index (χ1) is 10.3. The third kappa shape index (κ3) is 5.99. The lowest BCUT2D eigenvalue weighted by Gasteiger charge is -2.26. The summed E-state index contributed by atoms with van der Waals surface area (Å²) < 4.78 is 5.33. The highest BCUT2D eigenvalue weighted by Gasteiger charge is 2.09. The summed E-state index contributed by atoms with van der Waals surface area (Å²) in [5.74, 6) is 0.505. The van der Waals surface area contributed by atoms with Crippen molar-refractivity contribution in [3.63, 3.8) is 0 Å². The first kappa shape index (κ1) is 16.2. The molecular weight excluding hydrogens is 286 g/mol. The maximum Gasteiger partial charge on any atom is 0.189 e. The van der Waals surface area contributed by atoms with Gasteiger partial charge < -0.3 is 15.8 Å². The van der Waals surface area contributed by atoms with Gasteiger partial charge in [-0.3, -0.25) is 4.90 Å². The van der Waals surface area contributed by atoms with Crippen LogP contribution in [0.15, 0.2) is 11.2 Å². The normalized spacial score (nSPS) is 17.1. The summed E-state index contributed by atoms with van der Waals surface area (Å²) in [7, 11) is 0. The van der Waals surface area contributed by atoms with Crippen LogP contribution in [-0.4, -0.2) is 55.2 Å². The van der Waals surface area contributed by atoms with Crippen LogP contribution in [0, 0.1) is 0 Å². The molecule has 1 aromatic rings. The Morgan fingerprint density at radius 3 is 3.05 bits per heavy atom. The van der Waals surface area contributed by atoms with E-state index in [1.165, 1.54) is 4.88 Å². The number of nitrogens with zero attached hydrogens (tertiary/aromatic N) is 3. The third-order valence-electron chi connectivity index (χ3n) is 3.40. The summed E-state index contributed by atoms with van der Waals surface area (Å²) in [4.78, 5) is 12.4. The van der Waals surface area contributed by atoms with Gasteiger partial charge in [-0.15, -0.1) is 11.3 Å². The Morgan fingerprint density at radius 1 is 1.52 bits per heavy atom. The predicted molar refractivity (Wildman–Crippen MR) is 86.7 cm³/mol. The molecule has 7 heteroatoms. The molecule has 3 N–H and O–H groups in total. The van der Waals surface area contributed by atoms with Crippen LogP contribution < -0.4 is 11.1 Å². The van der Waals surface area contributed by atoms with Crippen LogP contribution in [0.4, 0.5) is 0 Å². The highest BCUT2D eigenvalue weighted by atomic mass is 32.1. The smallest absolute Gasteiger partial charge is 0.189 e. The van der Waals surface area contributed by atoms with Crippen molar-refractivity contribution in [1.29, 1.82) is 0 Å². The molecule has 21 heavy (non-hydrogen) atoms. The molecule has 0 bridgehead atoms. The molecule has 6 nitrogen and oxygen atoms in total. The molecule has 0 atom stereocenters. The lowest BCUT2D eigenvalue weighted by Crippen LogP contribution is -2.39. The van der Waals surface area contributed by atoms with E-state index in [1.807, 2.05) is 6.20 Å². The molecule has 2 heterocycles. The second-order valence-corrected chi connectivity index (χ2v) is 6.21. The topological polar surface area (TPSA) is 75.8 Å². The van der Waals surface area contributed by atoms with E-state index in [4.69, 9.17) is 10.5 Å². The van der Waals surface area contributed by atoms with Crippen molar-refractivity contribution in [1.82, 2.24) is 15.2 Å². The fourth-order valence-electron chi connectivity index (χ4n) is 2.14. The van der Waals surface area contributed by atoms with Crippen molar-refractivity contribution in [2.24, 2.45) is 10.7 Å². The minimum Gasteiger partial charge on any atom is -0.379 e. The number of ether oxygens (including phenoxy) is 1. The number of nitrogens with one attached hydrogen (secondary N) is 1. The van der Waals surface area contributed by atoms with Crippen LogP contribution in [0.1, 0.15) is 23.2 Å². The Labute approximate surface area is 130 Å². The first-order valence-corrected chi connectivity index (χ1v) is 8.37. The maximum absolute atomic E-state index is 5.86. The van der Waals surface area contributed by atoms with Gasteiger partial charge in [0, 0.05) is 30.7 Å². The highest BCUT2D eigenvalue weighted by molar-refractivity contribution is 7.11. The molecule has 1 aromatic heterocycles. The molecule has 118 valence electrons. The van der Waals surface area contributed by atoms with Gasteiger partial charge in [0.25, 0.3) is 0 Å². The number of aryl methyl sites for hydroxylation is 1. The quantitative estimate of drug-likeness (QED) is 0.443. The number of nitrogens with two attached hydrogens (primary N) is 1. The highest BCUT2D eigenvalue weighted by Crippen LogP contribution is 2.13. The Hall–Kier alpha value is -1.18. The number of rotatable bonds is 7. The van der Waals surface area contributed by atoms with Gasteiger partial charge in [0.05, 0.1) is 19.8 Å². The molecule has 0 amide bonds. The van der Waals surface area contributed by atoms with E-state index >= 15 is 0 Å². The summed E-state index contributed by atoms with van der Waals surface area (Å²) >= 11 is 1.70. The van der Waals surface area contributed by atoms with Crippen LogP contribution in [0.25, 0.3) is 0 Å². The Bertz CT molecular complexity index is 442. The van der Waals surface area contributed by atoms with E-state index in [2.05, 4.69) is 27.1 Å². The van der Waals surface area contributed by atoms with Gasteiger partial charge in [-0.2, -0.15) is 0 Å². The average molecular weight is 311 g/mol. The molecule has 0 saturated carbocycles. The van der Waals surface area contributed by atoms with Gasteiger partial charge in [-0.25, -0.2) is 9.98 Å². The predicted octanol–water partition coefficient (Wildman–Crippen LogP) is 0.832. The monoisotopic (exact) mass is 311 g/mol. The van der Waals surface area contributed by atoms with Crippen molar-refractivity contribution < 1.29 is 4.74 Å². The van der Waals surface area contributed by atoms with Crippen LogP contribution in [0.5, 0.6) is 0 Å². The molecular formula is C14H25N5OS. The fourth-order valence-corrected chi connectivity index (χ4v) is 2.92. The number of morpholine rings is 1. The van der Waals surface area contributed by atoms with E-state index in [1.54, 1.807) is 11.3 Å². The van der Waals surface area contributed by atoms with Gasteiger partial charge in [0.1, 0.15) is 5.01 Å². The van der Waals surface area contributed by atoms with Crippen molar-refractivity contribution in [3.05, 3.63) is 16.1 Å². The van der Waals surface area contributed by atoms with Crippen LogP contribution in [-0.2, 0) is 17.7 Å². The first-order valence-electron chi connectivity index (χ1n) is 7.55. The second-order valence-electron chi connectivity index (χ2n) is 5.01.